The summed E-state index contributed by atoms with van der Waals surface area (Å²) < 4.78 is 0. The summed E-state index contributed by atoms with van der Waals surface area (Å²) in [4.78, 5) is 91.2. The fourth-order valence-corrected chi connectivity index (χ4v) is 5.81. The first-order chi connectivity index (χ1) is 22.5. The van der Waals surface area contributed by atoms with Gasteiger partial charge in [-0.05, 0) is 55.4 Å². The Morgan fingerprint density at radius 1 is 0.812 bits per heavy atom. The molecule has 1 aliphatic heterocycles. The first-order valence-corrected chi connectivity index (χ1v) is 18.1. The van der Waals surface area contributed by atoms with Crippen LogP contribution in [0, 0.1) is 17.8 Å². The van der Waals surface area contributed by atoms with Gasteiger partial charge in [0.15, 0.2) is 0 Å². The van der Waals surface area contributed by atoms with Crippen molar-refractivity contribution in [3.8, 4) is 0 Å². The summed E-state index contributed by atoms with van der Waals surface area (Å²) in [5.74, 6) is -5.88. The Kier molecular flexibility index (Phi) is 18.5. The van der Waals surface area contributed by atoms with E-state index in [0.717, 1.165) is 0 Å². The lowest BCUT2D eigenvalue weighted by Crippen LogP contribution is -2.61. The van der Waals surface area contributed by atoms with Gasteiger partial charge in [0.1, 0.15) is 30.2 Å². The number of carboxylic acid groups (broad SMARTS) is 2. The zero-order valence-corrected chi connectivity index (χ0v) is 30.1. The van der Waals surface area contributed by atoms with Crippen LogP contribution in [0.3, 0.4) is 0 Å². The average Bonchev–Trinajstić information content (AvgIpc) is 3.54. The van der Waals surface area contributed by atoms with Crippen molar-refractivity contribution in [2.24, 2.45) is 23.5 Å². The van der Waals surface area contributed by atoms with Crippen molar-refractivity contribution in [2.75, 3.05) is 18.6 Å². The lowest BCUT2D eigenvalue weighted by atomic mass is 9.95. The van der Waals surface area contributed by atoms with Crippen molar-refractivity contribution in [1.82, 2.24) is 26.2 Å². The molecular formula is C32H56N6O9S. The molecule has 0 radical (unpaired) electrons. The summed E-state index contributed by atoms with van der Waals surface area (Å²) in [6.45, 7) is 10.9. The van der Waals surface area contributed by atoms with E-state index in [2.05, 4.69) is 21.3 Å². The molecule has 1 heterocycles. The molecule has 16 heteroatoms. The molecule has 0 aromatic carbocycles. The minimum Gasteiger partial charge on any atom is -0.481 e. The van der Waals surface area contributed by atoms with Gasteiger partial charge in [-0.3, -0.25) is 28.8 Å². The Labute approximate surface area is 287 Å². The van der Waals surface area contributed by atoms with Crippen LogP contribution < -0.4 is 27.0 Å². The number of hydrogen-bond acceptors (Lipinski definition) is 9. The maximum atomic E-state index is 13.8. The van der Waals surface area contributed by atoms with Crippen LogP contribution in [0.25, 0.3) is 0 Å². The first-order valence-electron chi connectivity index (χ1n) is 16.7. The molecule has 48 heavy (non-hydrogen) atoms. The van der Waals surface area contributed by atoms with E-state index in [-0.39, 0.29) is 12.3 Å². The molecule has 1 aliphatic rings. The summed E-state index contributed by atoms with van der Waals surface area (Å²) in [6, 6.07) is -6.30. The van der Waals surface area contributed by atoms with Gasteiger partial charge in [-0.15, -0.1) is 0 Å². The molecule has 8 N–H and O–H groups in total. The van der Waals surface area contributed by atoms with Gasteiger partial charge in [-0.1, -0.05) is 54.4 Å². The van der Waals surface area contributed by atoms with Crippen LogP contribution in [0.5, 0.6) is 0 Å². The molecule has 0 aliphatic carbocycles. The van der Waals surface area contributed by atoms with Crippen molar-refractivity contribution < 1.29 is 43.8 Å². The highest BCUT2D eigenvalue weighted by Gasteiger charge is 2.41. The number of rotatable bonds is 21. The number of aliphatic carboxylic acids is 2. The lowest BCUT2D eigenvalue weighted by molar-refractivity contribution is -0.144. The van der Waals surface area contributed by atoms with Gasteiger partial charge in [-0.25, -0.2) is 4.79 Å². The largest absolute Gasteiger partial charge is 0.481 e. The molecular weight excluding hydrogens is 644 g/mol. The lowest BCUT2D eigenvalue weighted by Gasteiger charge is -2.33. The third kappa shape index (κ3) is 12.9. The fraction of sp³-hybridized carbons (Fsp3) is 0.781. The van der Waals surface area contributed by atoms with Crippen LogP contribution in [-0.2, 0) is 33.6 Å². The Morgan fingerprint density at radius 3 is 1.90 bits per heavy atom. The molecule has 274 valence electrons. The Bertz CT molecular complexity index is 1140. The molecule has 15 nitrogen and oxygen atoms in total. The molecule has 0 aromatic rings. The third-order valence-electron chi connectivity index (χ3n) is 8.89. The minimum atomic E-state index is -1.47. The number of likely N-dealkylation sites (tertiary alicyclic amines) is 1. The van der Waals surface area contributed by atoms with Gasteiger partial charge in [0, 0.05) is 13.0 Å². The number of nitrogens with two attached hydrogens (primary N) is 1. The van der Waals surface area contributed by atoms with E-state index in [1.807, 2.05) is 20.1 Å². The molecule has 0 saturated carbocycles. The molecule has 8 atom stereocenters. The molecule has 0 spiro atoms. The van der Waals surface area contributed by atoms with Gasteiger partial charge in [0.2, 0.25) is 29.5 Å². The Hall–Kier alpha value is -3.40. The molecule has 0 aromatic heterocycles. The first kappa shape index (κ1) is 42.6. The third-order valence-corrected chi connectivity index (χ3v) is 9.53. The fourth-order valence-electron chi connectivity index (χ4n) is 5.32. The number of carboxylic acids is 2. The van der Waals surface area contributed by atoms with Crippen LogP contribution in [0.2, 0.25) is 0 Å². The highest BCUT2D eigenvalue weighted by Crippen LogP contribution is 2.22. The number of nitrogens with zero attached hydrogens (tertiary/aromatic N) is 1. The van der Waals surface area contributed by atoms with Gasteiger partial charge in [0.25, 0.3) is 0 Å². The van der Waals surface area contributed by atoms with Gasteiger partial charge in [-0.2, -0.15) is 11.8 Å². The number of thioether (sulfide) groups is 1. The summed E-state index contributed by atoms with van der Waals surface area (Å²) in [5, 5.41) is 29.0. The van der Waals surface area contributed by atoms with Crippen molar-refractivity contribution in [2.45, 2.75) is 123 Å². The van der Waals surface area contributed by atoms with Gasteiger partial charge < -0.3 is 42.1 Å². The molecule has 1 rings (SSSR count). The quantitative estimate of drug-likeness (QED) is 0.0880. The summed E-state index contributed by atoms with van der Waals surface area (Å²) in [7, 11) is 0. The van der Waals surface area contributed by atoms with Crippen molar-refractivity contribution in [1.29, 1.82) is 0 Å². The van der Waals surface area contributed by atoms with Gasteiger partial charge >= 0.3 is 11.9 Å². The van der Waals surface area contributed by atoms with Crippen LogP contribution >= 0.6 is 11.8 Å². The maximum absolute atomic E-state index is 13.8. The van der Waals surface area contributed by atoms with Crippen LogP contribution in [0.15, 0.2) is 0 Å². The topological polar surface area (TPSA) is 237 Å². The van der Waals surface area contributed by atoms with Crippen molar-refractivity contribution in [3.05, 3.63) is 0 Å². The van der Waals surface area contributed by atoms with Crippen LogP contribution in [0.4, 0.5) is 0 Å². The van der Waals surface area contributed by atoms with E-state index in [1.165, 1.54) is 4.90 Å². The zero-order valence-electron chi connectivity index (χ0n) is 29.2. The summed E-state index contributed by atoms with van der Waals surface area (Å²) >= 11 is 1.56. The zero-order chi connectivity index (χ0) is 36.7. The smallest absolute Gasteiger partial charge is 0.326 e. The monoisotopic (exact) mass is 700 g/mol. The summed E-state index contributed by atoms with van der Waals surface area (Å²) in [6.07, 6.45) is 3.47. The Balaban J connectivity index is 3.14. The average molecular weight is 701 g/mol. The molecule has 0 bridgehead atoms. The number of amides is 5. The standard InChI is InChI=1S/C32H56N6O9S/c1-8-18(5)25(30(44)34-21(32(46)47)12-13-23(39)40)36-29(43)24(17(3)4)35-28(42)22-11-10-15-38(22)31(45)26(19(6)9-2)37-27(41)20(33)14-16-48-7/h17-22,24-26H,8-16,33H2,1-7H3,(H,34,44)(H,35,42)(H,36,43)(H,37,41)(H,39,40)(H,46,47)/t18-,19-,20-,21-,22-,24-,25-,26-/m0/s1. The van der Waals surface area contributed by atoms with E-state index < -0.39 is 96.0 Å². The maximum Gasteiger partial charge on any atom is 0.326 e. The highest BCUT2D eigenvalue weighted by molar-refractivity contribution is 7.98. The minimum absolute atomic E-state index is 0.235. The number of carbonyl (C=O) groups excluding carboxylic acids is 5. The van der Waals surface area contributed by atoms with Gasteiger partial charge in [0.05, 0.1) is 6.04 Å². The molecule has 1 saturated heterocycles. The SMILES string of the molecule is CC[C@H](C)[C@H](NC(=O)[C@@H](NC(=O)[C@@H]1CCCN1C(=O)[C@@H](NC(=O)[C@@H](N)CCSC)[C@@H](C)CC)C(C)C)C(=O)N[C@@H](CCC(=O)O)C(=O)O. The number of hydrogen-bond donors (Lipinski definition) is 7. The van der Waals surface area contributed by atoms with E-state index in [1.54, 1.807) is 39.5 Å². The molecule has 0 unspecified atom stereocenters. The van der Waals surface area contributed by atoms with E-state index in [9.17, 15) is 38.7 Å². The van der Waals surface area contributed by atoms with E-state index in [4.69, 9.17) is 10.8 Å². The second kappa shape index (κ2) is 20.9. The highest BCUT2D eigenvalue weighted by atomic mass is 32.2. The van der Waals surface area contributed by atoms with Crippen molar-refractivity contribution in [3.63, 3.8) is 0 Å². The summed E-state index contributed by atoms with van der Waals surface area (Å²) in [5.41, 5.74) is 6.05. The van der Waals surface area contributed by atoms with Crippen molar-refractivity contribution >= 4 is 53.2 Å². The number of carbonyl (C=O) groups is 7. The Morgan fingerprint density at radius 2 is 1.38 bits per heavy atom. The van der Waals surface area contributed by atoms with E-state index in [0.29, 0.717) is 44.4 Å². The second-order valence-corrected chi connectivity index (χ2v) is 13.9. The van der Waals surface area contributed by atoms with Crippen LogP contribution in [0.1, 0.15) is 86.5 Å². The normalized spacial score (nSPS) is 18.9. The number of nitrogens with one attached hydrogen (secondary N) is 4. The van der Waals surface area contributed by atoms with Crippen LogP contribution in [-0.4, -0.2) is 111 Å². The predicted molar refractivity (Wildman–Crippen MR) is 182 cm³/mol. The van der Waals surface area contributed by atoms with E-state index >= 15 is 0 Å². The molecule has 5 amide bonds. The molecule has 1 fully saturated rings. The predicted octanol–water partition coefficient (Wildman–Crippen LogP) is 0.695. The second-order valence-electron chi connectivity index (χ2n) is 12.9.